The molecule has 2 atom stereocenters. The molecule has 0 aliphatic rings. The Hall–Kier alpha value is -2.02. The number of aliphatic carboxylic acids is 1. The van der Waals surface area contributed by atoms with Gasteiger partial charge in [-0.25, -0.2) is 9.59 Å². The van der Waals surface area contributed by atoms with Gasteiger partial charge < -0.3 is 24.9 Å². The topological polar surface area (TPSA) is 101 Å². The van der Waals surface area contributed by atoms with Crippen LogP contribution in [0.5, 0.6) is 0 Å². The smallest absolute Gasteiger partial charge is 0.326 e. The number of nitrogens with one attached hydrogen (secondary N) is 2. The quantitative estimate of drug-likeness (QED) is 0.636. The van der Waals surface area contributed by atoms with Crippen LogP contribution in [0, 0.1) is 6.92 Å². The Morgan fingerprint density at radius 3 is 2.62 bits per heavy atom. The van der Waals surface area contributed by atoms with Crippen molar-refractivity contribution in [3.63, 3.8) is 0 Å². The molecule has 1 aromatic heterocycles. The molecule has 7 nitrogen and oxygen atoms in total. The van der Waals surface area contributed by atoms with Gasteiger partial charge in [-0.15, -0.1) is 0 Å². The van der Waals surface area contributed by atoms with E-state index in [0.717, 1.165) is 5.76 Å². The summed E-state index contributed by atoms with van der Waals surface area (Å²) in [6.45, 7) is 4.03. The summed E-state index contributed by atoms with van der Waals surface area (Å²) in [7, 11) is 1.54. The van der Waals surface area contributed by atoms with Crippen molar-refractivity contribution in [1.82, 2.24) is 10.6 Å². The SMILES string of the molecule is COCCCC(NC(=O)NC(C)c1ccc(C)o1)C(=O)O. The fraction of sp³-hybridized carbons (Fsp3) is 0.571. The Balaban J connectivity index is 2.47. The van der Waals surface area contributed by atoms with Crippen LogP contribution in [-0.2, 0) is 9.53 Å². The predicted octanol–water partition coefficient (Wildman–Crippen LogP) is 1.83. The fourth-order valence-electron chi connectivity index (χ4n) is 1.84. The summed E-state index contributed by atoms with van der Waals surface area (Å²) in [4.78, 5) is 22.9. The van der Waals surface area contributed by atoms with Crippen molar-refractivity contribution in [2.75, 3.05) is 13.7 Å². The van der Waals surface area contributed by atoms with E-state index in [1.54, 1.807) is 26.2 Å². The average Bonchev–Trinajstić information content (AvgIpc) is 2.84. The Morgan fingerprint density at radius 1 is 1.38 bits per heavy atom. The van der Waals surface area contributed by atoms with Crippen LogP contribution in [0.3, 0.4) is 0 Å². The lowest BCUT2D eigenvalue weighted by Crippen LogP contribution is -2.46. The van der Waals surface area contributed by atoms with Crippen molar-refractivity contribution in [3.05, 3.63) is 23.7 Å². The first-order chi connectivity index (χ1) is 9.93. The predicted molar refractivity (Wildman–Crippen MR) is 76.1 cm³/mol. The summed E-state index contributed by atoms with van der Waals surface area (Å²) in [5, 5.41) is 14.2. The number of furan rings is 1. The number of rotatable bonds is 8. The maximum atomic E-state index is 11.8. The second-order valence-electron chi connectivity index (χ2n) is 4.81. The van der Waals surface area contributed by atoms with Crippen LogP contribution >= 0.6 is 0 Å². The van der Waals surface area contributed by atoms with Gasteiger partial charge in [0.15, 0.2) is 0 Å². The molecule has 0 fully saturated rings. The maximum Gasteiger partial charge on any atom is 0.326 e. The first kappa shape index (κ1) is 17.0. The minimum atomic E-state index is -1.07. The van der Waals surface area contributed by atoms with Gasteiger partial charge >= 0.3 is 12.0 Å². The number of carbonyl (C=O) groups excluding carboxylic acids is 1. The van der Waals surface area contributed by atoms with Crippen LogP contribution in [-0.4, -0.2) is 36.9 Å². The highest BCUT2D eigenvalue weighted by Crippen LogP contribution is 2.15. The molecule has 1 heterocycles. The third-order valence-corrected chi connectivity index (χ3v) is 2.98. The molecule has 1 rings (SSSR count). The lowest BCUT2D eigenvalue weighted by atomic mass is 10.1. The minimum absolute atomic E-state index is 0.310. The number of carboxylic acids is 1. The number of urea groups is 1. The molecule has 0 saturated heterocycles. The first-order valence-electron chi connectivity index (χ1n) is 6.79. The van der Waals surface area contributed by atoms with E-state index in [9.17, 15) is 9.59 Å². The molecule has 0 saturated carbocycles. The van der Waals surface area contributed by atoms with Gasteiger partial charge in [-0.3, -0.25) is 0 Å². The Kier molecular flexibility index (Phi) is 6.74. The summed E-state index contributed by atoms with van der Waals surface area (Å²) >= 11 is 0. The standard InChI is InChI=1S/C14H22N2O5/c1-9-6-7-12(21-9)10(2)15-14(19)16-11(13(17)18)5-4-8-20-3/h6-7,10-11H,4-5,8H2,1-3H3,(H,17,18)(H2,15,16,19). The molecule has 0 aromatic carbocycles. The van der Waals surface area contributed by atoms with Crippen LogP contribution in [0.15, 0.2) is 16.5 Å². The van der Waals surface area contributed by atoms with Crippen molar-refractivity contribution in [1.29, 1.82) is 0 Å². The van der Waals surface area contributed by atoms with E-state index in [1.807, 2.05) is 6.92 Å². The van der Waals surface area contributed by atoms with Crippen molar-refractivity contribution in [2.45, 2.75) is 38.8 Å². The van der Waals surface area contributed by atoms with Crippen molar-refractivity contribution < 1.29 is 23.8 Å². The zero-order chi connectivity index (χ0) is 15.8. The fourth-order valence-corrected chi connectivity index (χ4v) is 1.84. The van der Waals surface area contributed by atoms with Crippen molar-refractivity contribution >= 4 is 12.0 Å². The second kappa shape index (κ2) is 8.31. The lowest BCUT2D eigenvalue weighted by molar-refractivity contribution is -0.139. The minimum Gasteiger partial charge on any atom is -0.480 e. The van der Waals surface area contributed by atoms with Crippen LogP contribution < -0.4 is 10.6 Å². The van der Waals surface area contributed by atoms with Crippen LogP contribution in [0.2, 0.25) is 0 Å². The summed E-state index contributed by atoms with van der Waals surface area (Å²) < 4.78 is 10.3. The molecule has 1 aromatic rings. The Labute approximate surface area is 123 Å². The van der Waals surface area contributed by atoms with Gasteiger partial charge in [-0.1, -0.05) is 0 Å². The molecular weight excluding hydrogens is 276 g/mol. The third kappa shape index (κ3) is 5.86. The van der Waals surface area contributed by atoms with Crippen LogP contribution in [0.1, 0.15) is 37.3 Å². The molecule has 3 N–H and O–H groups in total. The zero-order valence-electron chi connectivity index (χ0n) is 12.5. The zero-order valence-corrected chi connectivity index (χ0v) is 12.5. The van der Waals surface area contributed by atoms with Gasteiger partial charge in [0, 0.05) is 13.7 Å². The highest BCUT2D eigenvalue weighted by molar-refractivity contribution is 5.82. The molecule has 7 heteroatoms. The molecule has 0 aliphatic carbocycles. The molecule has 2 amide bonds. The van der Waals surface area contributed by atoms with Crippen LogP contribution in [0.25, 0.3) is 0 Å². The molecular formula is C14H22N2O5. The highest BCUT2D eigenvalue weighted by atomic mass is 16.5. The van der Waals surface area contributed by atoms with E-state index in [2.05, 4.69) is 10.6 Å². The Bertz CT molecular complexity index is 472. The van der Waals surface area contributed by atoms with Crippen LogP contribution in [0.4, 0.5) is 4.79 Å². The number of carbonyl (C=O) groups is 2. The van der Waals surface area contributed by atoms with Gasteiger partial charge in [0.05, 0.1) is 6.04 Å². The van der Waals surface area contributed by atoms with E-state index in [-0.39, 0.29) is 6.04 Å². The average molecular weight is 298 g/mol. The number of carboxylic acid groups (broad SMARTS) is 1. The van der Waals surface area contributed by atoms with Gasteiger partial charge in [0.1, 0.15) is 17.6 Å². The number of ether oxygens (including phenoxy) is 1. The van der Waals surface area contributed by atoms with E-state index in [4.69, 9.17) is 14.3 Å². The molecule has 2 unspecified atom stereocenters. The maximum absolute atomic E-state index is 11.8. The number of amides is 2. The highest BCUT2D eigenvalue weighted by Gasteiger charge is 2.21. The lowest BCUT2D eigenvalue weighted by Gasteiger charge is -2.17. The van der Waals surface area contributed by atoms with Gasteiger partial charge in [0.25, 0.3) is 0 Å². The van der Waals surface area contributed by atoms with Gasteiger partial charge in [0.2, 0.25) is 0 Å². The summed E-state index contributed by atoms with van der Waals surface area (Å²) in [6, 6.07) is 1.75. The van der Waals surface area contributed by atoms with E-state index < -0.39 is 18.0 Å². The van der Waals surface area contributed by atoms with Gasteiger partial charge in [-0.05, 0) is 38.8 Å². The van der Waals surface area contributed by atoms with E-state index in [0.29, 0.717) is 25.2 Å². The molecule has 0 radical (unpaired) electrons. The second-order valence-corrected chi connectivity index (χ2v) is 4.81. The van der Waals surface area contributed by atoms with Gasteiger partial charge in [-0.2, -0.15) is 0 Å². The summed E-state index contributed by atoms with van der Waals surface area (Å²) in [5.41, 5.74) is 0. The number of methoxy groups -OCH3 is 1. The van der Waals surface area contributed by atoms with Crippen molar-refractivity contribution in [2.24, 2.45) is 0 Å². The van der Waals surface area contributed by atoms with E-state index >= 15 is 0 Å². The van der Waals surface area contributed by atoms with E-state index in [1.165, 1.54) is 0 Å². The third-order valence-electron chi connectivity index (χ3n) is 2.98. The molecule has 0 bridgehead atoms. The monoisotopic (exact) mass is 298 g/mol. The largest absolute Gasteiger partial charge is 0.480 e. The molecule has 0 aliphatic heterocycles. The summed E-state index contributed by atoms with van der Waals surface area (Å²) in [5.74, 6) is 0.304. The molecule has 0 spiro atoms. The molecule has 21 heavy (non-hydrogen) atoms. The first-order valence-corrected chi connectivity index (χ1v) is 6.79. The Morgan fingerprint density at radius 2 is 2.10 bits per heavy atom. The number of hydrogen-bond acceptors (Lipinski definition) is 4. The summed E-state index contributed by atoms with van der Waals surface area (Å²) in [6.07, 6.45) is 0.867. The normalized spacial score (nSPS) is 13.5. The van der Waals surface area contributed by atoms with Crippen molar-refractivity contribution in [3.8, 4) is 0 Å². The number of hydrogen-bond donors (Lipinski definition) is 3. The molecule has 118 valence electrons. The number of aryl methyl sites for hydroxylation is 1.